The van der Waals surface area contributed by atoms with E-state index in [4.69, 9.17) is 0 Å². The van der Waals surface area contributed by atoms with Gasteiger partial charge in [-0.15, -0.1) is 0 Å². The molecule has 6 heteroatoms. The van der Waals surface area contributed by atoms with E-state index in [0.717, 1.165) is 5.69 Å². The molecule has 1 aliphatic carbocycles. The van der Waals surface area contributed by atoms with Crippen LogP contribution in [0.2, 0.25) is 0 Å². The molecule has 0 unspecified atom stereocenters. The van der Waals surface area contributed by atoms with E-state index in [0.29, 0.717) is 11.6 Å². The highest BCUT2D eigenvalue weighted by Gasteiger charge is 2.59. The first-order chi connectivity index (χ1) is 12.6. The van der Waals surface area contributed by atoms with Crippen molar-refractivity contribution in [3.8, 4) is 5.69 Å². The normalized spacial score (nSPS) is 20.4. The molecule has 2 amide bonds. The van der Waals surface area contributed by atoms with Crippen molar-refractivity contribution in [3.63, 3.8) is 0 Å². The van der Waals surface area contributed by atoms with E-state index in [1.165, 1.54) is 5.56 Å². The summed E-state index contributed by atoms with van der Waals surface area (Å²) in [7, 11) is 0. The molecule has 2 heterocycles. The number of urea groups is 1. The fraction of sp³-hybridized carbons (Fsp3) is 0.250. The Labute approximate surface area is 152 Å². The van der Waals surface area contributed by atoms with Gasteiger partial charge < -0.3 is 10.6 Å². The second-order valence-corrected chi connectivity index (χ2v) is 7.16. The molecular formula is C20H21N5O. The topological polar surface area (TPSA) is 71.8 Å². The highest BCUT2D eigenvalue weighted by atomic mass is 16.2. The number of pyridine rings is 1. The maximum absolute atomic E-state index is 12.4. The Balaban J connectivity index is 1.40. The summed E-state index contributed by atoms with van der Waals surface area (Å²) in [4.78, 5) is 16.4. The number of hydrogen-bond donors (Lipinski definition) is 2. The molecule has 2 aromatic heterocycles. The van der Waals surface area contributed by atoms with Gasteiger partial charge >= 0.3 is 6.03 Å². The van der Waals surface area contributed by atoms with Gasteiger partial charge in [0.1, 0.15) is 0 Å². The summed E-state index contributed by atoms with van der Waals surface area (Å²) in [6.45, 7) is 4.36. The number of aromatic nitrogens is 3. The summed E-state index contributed by atoms with van der Waals surface area (Å²) in [5.74, 6) is 0.328. The molecule has 0 spiro atoms. The molecule has 0 bridgehead atoms. The Morgan fingerprint density at radius 1 is 1.12 bits per heavy atom. The van der Waals surface area contributed by atoms with E-state index >= 15 is 0 Å². The fourth-order valence-corrected chi connectivity index (χ4v) is 3.52. The average molecular weight is 347 g/mol. The minimum Gasteiger partial charge on any atom is -0.334 e. The molecule has 0 radical (unpaired) electrons. The second kappa shape index (κ2) is 6.29. The molecule has 1 aliphatic rings. The molecule has 26 heavy (non-hydrogen) atoms. The van der Waals surface area contributed by atoms with E-state index in [-0.39, 0.29) is 17.5 Å². The third kappa shape index (κ3) is 3.06. The van der Waals surface area contributed by atoms with Crippen molar-refractivity contribution >= 4 is 11.7 Å². The first-order valence-electron chi connectivity index (χ1n) is 8.63. The van der Waals surface area contributed by atoms with Gasteiger partial charge in [-0.2, -0.15) is 5.10 Å². The lowest BCUT2D eigenvalue weighted by Gasteiger charge is -2.07. The molecule has 6 nitrogen and oxygen atoms in total. The van der Waals surface area contributed by atoms with E-state index in [9.17, 15) is 4.79 Å². The average Bonchev–Trinajstić information content (AvgIpc) is 2.97. The maximum atomic E-state index is 12.4. The van der Waals surface area contributed by atoms with Gasteiger partial charge in [-0.3, -0.25) is 4.98 Å². The highest BCUT2D eigenvalue weighted by molar-refractivity contribution is 5.89. The summed E-state index contributed by atoms with van der Waals surface area (Å²) in [5, 5.41) is 10.2. The monoisotopic (exact) mass is 347 g/mol. The van der Waals surface area contributed by atoms with Crippen LogP contribution in [0, 0.1) is 5.41 Å². The third-order valence-corrected chi connectivity index (χ3v) is 5.04. The number of hydrogen-bond acceptors (Lipinski definition) is 3. The van der Waals surface area contributed by atoms with Crippen molar-refractivity contribution in [2.75, 3.05) is 5.32 Å². The van der Waals surface area contributed by atoms with Crippen LogP contribution in [0.1, 0.15) is 25.3 Å². The van der Waals surface area contributed by atoms with Gasteiger partial charge in [-0.25, -0.2) is 9.48 Å². The molecule has 4 rings (SSSR count). The summed E-state index contributed by atoms with van der Waals surface area (Å²) >= 11 is 0. The molecule has 2 atom stereocenters. The zero-order valence-corrected chi connectivity index (χ0v) is 14.8. The van der Waals surface area contributed by atoms with Gasteiger partial charge in [0.15, 0.2) is 0 Å². The van der Waals surface area contributed by atoms with Crippen LogP contribution in [0.4, 0.5) is 10.5 Å². The SMILES string of the molecule is CC1(C)[C@@H](NC(=O)Nc2cnn(-c3ccncc3)c2)[C@@H]1c1ccccc1. The quantitative estimate of drug-likeness (QED) is 0.758. The Morgan fingerprint density at radius 3 is 2.58 bits per heavy atom. The van der Waals surface area contributed by atoms with Gasteiger partial charge in [0.25, 0.3) is 0 Å². The van der Waals surface area contributed by atoms with Gasteiger partial charge in [-0.05, 0) is 23.1 Å². The maximum Gasteiger partial charge on any atom is 0.319 e. The Hall–Kier alpha value is -3.15. The third-order valence-electron chi connectivity index (χ3n) is 5.04. The van der Waals surface area contributed by atoms with Crippen molar-refractivity contribution in [1.29, 1.82) is 0 Å². The van der Waals surface area contributed by atoms with Crippen LogP contribution < -0.4 is 10.6 Å². The van der Waals surface area contributed by atoms with Crippen LogP contribution in [0.25, 0.3) is 5.69 Å². The Kier molecular flexibility index (Phi) is 3.95. The largest absolute Gasteiger partial charge is 0.334 e. The molecule has 3 aromatic rings. The number of amides is 2. The van der Waals surface area contributed by atoms with E-state index in [1.54, 1.807) is 29.5 Å². The number of carbonyl (C=O) groups excluding carboxylic acids is 1. The predicted molar refractivity (Wildman–Crippen MR) is 100 cm³/mol. The second-order valence-electron chi connectivity index (χ2n) is 7.16. The Morgan fingerprint density at radius 2 is 1.85 bits per heavy atom. The summed E-state index contributed by atoms with van der Waals surface area (Å²) in [5.41, 5.74) is 2.84. The Bertz CT molecular complexity index is 904. The zero-order chi connectivity index (χ0) is 18.1. The van der Waals surface area contributed by atoms with Crippen molar-refractivity contribution in [3.05, 3.63) is 72.8 Å². The number of nitrogens with zero attached hydrogens (tertiary/aromatic N) is 3. The van der Waals surface area contributed by atoms with Gasteiger partial charge in [0, 0.05) is 24.4 Å². The minimum absolute atomic E-state index is 0.0416. The predicted octanol–water partition coefficient (Wildman–Crippen LogP) is 3.58. The highest BCUT2D eigenvalue weighted by Crippen LogP contribution is 2.58. The number of anilines is 1. The van der Waals surface area contributed by atoms with Crippen molar-refractivity contribution in [2.45, 2.75) is 25.8 Å². The van der Waals surface area contributed by atoms with E-state index in [2.05, 4.69) is 46.7 Å². The van der Waals surface area contributed by atoms with Crippen LogP contribution in [0.15, 0.2) is 67.3 Å². The summed E-state index contributed by atoms with van der Waals surface area (Å²) < 4.78 is 1.70. The standard InChI is InChI=1S/C20H21N5O/c1-20(2)17(14-6-4-3-5-7-14)18(20)24-19(26)23-15-12-22-25(13-15)16-8-10-21-11-9-16/h3-13,17-18H,1-2H3,(H2,23,24,26)/t17-,18-/m0/s1. The number of benzene rings is 1. The lowest BCUT2D eigenvalue weighted by atomic mass is 10.0. The van der Waals surface area contributed by atoms with E-state index < -0.39 is 0 Å². The smallest absolute Gasteiger partial charge is 0.319 e. The first kappa shape index (κ1) is 16.3. The number of nitrogens with one attached hydrogen (secondary N) is 2. The molecule has 0 aliphatic heterocycles. The zero-order valence-electron chi connectivity index (χ0n) is 14.8. The number of rotatable bonds is 4. The van der Waals surface area contributed by atoms with Crippen molar-refractivity contribution in [1.82, 2.24) is 20.1 Å². The molecule has 1 fully saturated rings. The number of carbonyl (C=O) groups is 1. The van der Waals surface area contributed by atoms with Gasteiger partial charge in [-0.1, -0.05) is 44.2 Å². The van der Waals surface area contributed by atoms with Crippen LogP contribution in [-0.2, 0) is 0 Å². The molecular weight excluding hydrogens is 326 g/mol. The van der Waals surface area contributed by atoms with Crippen molar-refractivity contribution < 1.29 is 4.79 Å². The molecule has 1 saturated carbocycles. The van der Waals surface area contributed by atoms with Crippen LogP contribution in [0.3, 0.4) is 0 Å². The molecule has 2 N–H and O–H groups in total. The minimum atomic E-state index is -0.212. The summed E-state index contributed by atoms with van der Waals surface area (Å²) in [6.07, 6.45) is 6.82. The fourth-order valence-electron chi connectivity index (χ4n) is 3.52. The molecule has 132 valence electrons. The molecule has 0 saturated heterocycles. The van der Waals surface area contributed by atoms with Crippen LogP contribution in [0.5, 0.6) is 0 Å². The lowest BCUT2D eigenvalue weighted by Crippen LogP contribution is -2.33. The lowest BCUT2D eigenvalue weighted by molar-refractivity contribution is 0.250. The molecule has 1 aromatic carbocycles. The van der Waals surface area contributed by atoms with Gasteiger partial charge in [0.2, 0.25) is 0 Å². The van der Waals surface area contributed by atoms with Crippen LogP contribution >= 0.6 is 0 Å². The summed E-state index contributed by atoms with van der Waals surface area (Å²) in [6, 6.07) is 13.9. The van der Waals surface area contributed by atoms with Crippen LogP contribution in [-0.4, -0.2) is 26.8 Å². The van der Waals surface area contributed by atoms with E-state index in [1.807, 2.05) is 30.3 Å². The van der Waals surface area contributed by atoms with Crippen molar-refractivity contribution in [2.24, 2.45) is 5.41 Å². The van der Waals surface area contributed by atoms with Gasteiger partial charge in [0.05, 0.1) is 23.8 Å². The first-order valence-corrected chi connectivity index (χ1v) is 8.63.